The number of nitrogens with zero attached hydrogens (tertiary/aromatic N) is 2. The minimum Gasteiger partial charge on any atom is -0.384 e. The second-order valence-corrected chi connectivity index (χ2v) is 8.88. The van der Waals surface area contributed by atoms with Crippen LogP contribution >= 0.6 is 11.6 Å². The Labute approximate surface area is 204 Å². The van der Waals surface area contributed by atoms with Gasteiger partial charge in [0.25, 0.3) is 5.91 Å². The molecule has 0 saturated heterocycles. The molecular weight excluding hydrogens is 448 g/mol. The molecule has 0 aliphatic carbocycles. The maximum Gasteiger partial charge on any atom is 0.258 e. The fraction of sp³-hybridized carbons (Fsp3) is 0.222. The molecule has 6 nitrogen and oxygen atoms in total. The molecule has 4 rings (SSSR count). The van der Waals surface area contributed by atoms with Crippen LogP contribution in [-0.4, -0.2) is 31.2 Å². The molecule has 0 atom stereocenters. The first-order valence-electron chi connectivity index (χ1n) is 11.2. The van der Waals surface area contributed by atoms with Crippen LogP contribution in [0.15, 0.2) is 66.7 Å². The van der Waals surface area contributed by atoms with E-state index in [9.17, 15) is 9.59 Å². The van der Waals surface area contributed by atoms with Gasteiger partial charge >= 0.3 is 0 Å². The number of amidine groups is 1. The number of halogens is 1. The van der Waals surface area contributed by atoms with Crippen molar-refractivity contribution in [2.24, 2.45) is 5.73 Å². The van der Waals surface area contributed by atoms with Crippen molar-refractivity contribution in [1.29, 1.82) is 5.41 Å². The van der Waals surface area contributed by atoms with Gasteiger partial charge in [0, 0.05) is 47.5 Å². The monoisotopic (exact) mass is 474 g/mol. The Balaban J connectivity index is 1.45. The molecule has 0 fully saturated rings. The zero-order valence-corrected chi connectivity index (χ0v) is 19.8. The van der Waals surface area contributed by atoms with Crippen LogP contribution in [-0.2, 0) is 17.6 Å². The quantitative estimate of drug-likeness (QED) is 0.396. The molecular formula is C27H27ClN4O2. The molecule has 34 heavy (non-hydrogen) atoms. The van der Waals surface area contributed by atoms with Gasteiger partial charge in [-0.3, -0.25) is 15.0 Å². The van der Waals surface area contributed by atoms with Gasteiger partial charge in [-0.15, -0.1) is 0 Å². The van der Waals surface area contributed by atoms with Crippen molar-refractivity contribution in [3.63, 3.8) is 0 Å². The van der Waals surface area contributed by atoms with Gasteiger partial charge in [-0.05, 0) is 72.9 Å². The number of nitrogens with one attached hydrogen (secondary N) is 1. The highest BCUT2D eigenvalue weighted by Gasteiger charge is 2.24. The van der Waals surface area contributed by atoms with E-state index in [4.69, 9.17) is 22.7 Å². The molecule has 0 saturated carbocycles. The molecule has 0 spiro atoms. The van der Waals surface area contributed by atoms with E-state index in [2.05, 4.69) is 0 Å². The van der Waals surface area contributed by atoms with E-state index in [1.54, 1.807) is 36.2 Å². The lowest BCUT2D eigenvalue weighted by atomic mass is 9.99. The molecule has 1 heterocycles. The molecule has 174 valence electrons. The van der Waals surface area contributed by atoms with Crippen molar-refractivity contribution in [2.45, 2.75) is 25.7 Å². The Hall–Kier alpha value is -3.64. The van der Waals surface area contributed by atoms with Crippen LogP contribution in [0.4, 0.5) is 11.4 Å². The van der Waals surface area contributed by atoms with E-state index >= 15 is 0 Å². The molecule has 0 unspecified atom stereocenters. The van der Waals surface area contributed by atoms with E-state index in [1.807, 2.05) is 47.4 Å². The van der Waals surface area contributed by atoms with E-state index in [-0.39, 0.29) is 17.6 Å². The minimum atomic E-state index is -0.115. The largest absolute Gasteiger partial charge is 0.384 e. The van der Waals surface area contributed by atoms with Crippen molar-refractivity contribution in [3.8, 4) is 0 Å². The Morgan fingerprint density at radius 1 is 1.03 bits per heavy atom. The lowest BCUT2D eigenvalue weighted by Gasteiger charge is -2.31. The van der Waals surface area contributed by atoms with Crippen molar-refractivity contribution < 1.29 is 9.59 Å². The summed E-state index contributed by atoms with van der Waals surface area (Å²) < 4.78 is 0. The van der Waals surface area contributed by atoms with Crippen LogP contribution in [0.25, 0.3) is 0 Å². The van der Waals surface area contributed by atoms with Gasteiger partial charge in [0.15, 0.2) is 0 Å². The summed E-state index contributed by atoms with van der Waals surface area (Å²) in [7, 11) is 1.75. The predicted molar refractivity (Wildman–Crippen MR) is 137 cm³/mol. The number of nitrogens with two attached hydrogens (primary N) is 1. The summed E-state index contributed by atoms with van der Waals surface area (Å²) in [5.41, 5.74) is 10.6. The number of hydrogen-bond donors (Lipinski definition) is 2. The standard InChI is InChI=1S/C27H27ClN4O2/c1-31(27(34)20-9-11-22(28)12-10-20)23-13-14-24-21(17-23)3-2-16-32(24)25(33)15-6-18-4-7-19(8-5-18)26(29)30/h4-5,7-14,17H,2-3,6,15-16H2,1H3,(H3,29,30). The van der Waals surface area contributed by atoms with Gasteiger partial charge in [-0.1, -0.05) is 35.9 Å². The van der Waals surface area contributed by atoms with Crippen LogP contribution in [0.1, 0.15) is 39.9 Å². The summed E-state index contributed by atoms with van der Waals surface area (Å²) in [6.07, 6.45) is 2.77. The Morgan fingerprint density at radius 3 is 2.38 bits per heavy atom. The van der Waals surface area contributed by atoms with Gasteiger partial charge in [0.05, 0.1) is 0 Å². The second kappa shape index (κ2) is 10.1. The molecule has 2 amide bonds. The summed E-state index contributed by atoms with van der Waals surface area (Å²) >= 11 is 5.94. The van der Waals surface area contributed by atoms with Gasteiger partial charge < -0.3 is 15.5 Å². The summed E-state index contributed by atoms with van der Waals surface area (Å²) in [6.45, 7) is 0.688. The number of aryl methyl sites for hydroxylation is 2. The number of nitrogen functional groups attached to an aromatic ring is 1. The third-order valence-electron chi connectivity index (χ3n) is 6.16. The molecule has 1 aliphatic heterocycles. The fourth-order valence-corrected chi connectivity index (χ4v) is 4.32. The first-order valence-corrected chi connectivity index (χ1v) is 11.6. The van der Waals surface area contributed by atoms with Crippen molar-refractivity contribution >= 4 is 40.6 Å². The number of carbonyl (C=O) groups is 2. The molecule has 0 aromatic heterocycles. The van der Waals surface area contributed by atoms with Crippen molar-refractivity contribution in [3.05, 3.63) is 94.0 Å². The van der Waals surface area contributed by atoms with E-state index in [0.717, 1.165) is 35.3 Å². The number of fused-ring (bicyclic) bond motifs is 1. The zero-order chi connectivity index (χ0) is 24.2. The van der Waals surface area contributed by atoms with Crippen molar-refractivity contribution in [2.75, 3.05) is 23.4 Å². The third kappa shape index (κ3) is 5.13. The van der Waals surface area contributed by atoms with E-state index in [1.165, 1.54) is 0 Å². The normalized spacial score (nSPS) is 12.7. The number of rotatable bonds is 6. The number of anilines is 2. The average molecular weight is 475 g/mol. The van der Waals surface area contributed by atoms with Crippen LogP contribution in [0, 0.1) is 5.41 Å². The highest BCUT2D eigenvalue weighted by atomic mass is 35.5. The zero-order valence-electron chi connectivity index (χ0n) is 19.1. The SMILES string of the molecule is CN(C(=O)c1ccc(Cl)cc1)c1ccc2c(c1)CCCN2C(=O)CCc1ccc(C(=N)N)cc1. The first-order chi connectivity index (χ1) is 16.3. The van der Waals surface area contributed by atoms with Crippen molar-refractivity contribution in [1.82, 2.24) is 0 Å². The number of carbonyl (C=O) groups excluding carboxylic acids is 2. The van der Waals surface area contributed by atoms with Gasteiger partial charge in [0.1, 0.15) is 5.84 Å². The number of benzene rings is 3. The summed E-state index contributed by atoms with van der Waals surface area (Å²) in [4.78, 5) is 29.4. The summed E-state index contributed by atoms with van der Waals surface area (Å²) in [5.74, 6) is -0.00137. The summed E-state index contributed by atoms with van der Waals surface area (Å²) in [5, 5.41) is 8.07. The summed E-state index contributed by atoms with van der Waals surface area (Å²) in [6, 6.07) is 20.1. The minimum absolute atomic E-state index is 0.0347. The maximum absolute atomic E-state index is 13.0. The number of amides is 2. The van der Waals surface area contributed by atoms with Gasteiger partial charge in [-0.2, -0.15) is 0 Å². The Kier molecular flexibility index (Phi) is 6.98. The van der Waals surface area contributed by atoms with Crippen LogP contribution < -0.4 is 15.5 Å². The van der Waals surface area contributed by atoms with E-state index < -0.39 is 0 Å². The Bertz CT molecular complexity index is 1220. The van der Waals surface area contributed by atoms with Crippen LogP contribution in [0.2, 0.25) is 5.02 Å². The molecule has 3 N–H and O–H groups in total. The lowest BCUT2D eigenvalue weighted by Crippen LogP contribution is -2.36. The fourth-order valence-electron chi connectivity index (χ4n) is 4.19. The number of hydrogen-bond acceptors (Lipinski definition) is 3. The highest BCUT2D eigenvalue weighted by Crippen LogP contribution is 2.32. The van der Waals surface area contributed by atoms with E-state index in [0.29, 0.717) is 35.5 Å². The first kappa shape index (κ1) is 23.5. The predicted octanol–water partition coefficient (Wildman–Crippen LogP) is 4.81. The molecule has 0 radical (unpaired) electrons. The van der Waals surface area contributed by atoms with Gasteiger partial charge in [-0.25, -0.2) is 0 Å². The van der Waals surface area contributed by atoms with Gasteiger partial charge in [0.2, 0.25) is 5.91 Å². The second-order valence-electron chi connectivity index (χ2n) is 8.44. The maximum atomic E-state index is 13.0. The Morgan fingerprint density at radius 2 is 1.71 bits per heavy atom. The average Bonchev–Trinajstić information content (AvgIpc) is 2.86. The molecule has 7 heteroatoms. The smallest absolute Gasteiger partial charge is 0.258 e. The molecule has 0 bridgehead atoms. The molecule has 3 aromatic carbocycles. The lowest BCUT2D eigenvalue weighted by molar-refractivity contribution is -0.118. The molecule has 3 aromatic rings. The highest BCUT2D eigenvalue weighted by molar-refractivity contribution is 6.30. The van der Waals surface area contributed by atoms with Crippen LogP contribution in [0.3, 0.4) is 0 Å². The topological polar surface area (TPSA) is 90.5 Å². The third-order valence-corrected chi connectivity index (χ3v) is 6.41. The van der Waals surface area contributed by atoms with Crippen LogP contribution in [0.5, 0.6) is 0 Å². The molecule has 1 aliphatic rings.